The Morgan fingerprint density at radius 3 is 2.56 bits per heavy atom. The number of amides is 2. The molecule has 0 aromatic heterocycles. The van der Waals surface area contributed by atoms with Gasteiger partial charge in [0, 0.05) is 37.6 Å². The number of hydrogen-bond donors (Lipinski definition) is 0. The van der Waals surface area contributed by atoms with Gasteiger partial charge in [-0.15, -0.1) is 0 Å². The quantitative estimate of drug-likeness (QED) is 0.804. The number of piperidine rings is 1. The lowest BCUT2D eigenvalue weighted by Crippen LogP contribution is -2.41. The average molecular weight is 363 g/mol. The number of halogens is 1. The fraction of sp³-hybridized carbons (Fsp3) is 0.600. The molecule has 0 bridgehead atoms. The summed E-state index contributed by atoms with van der Waals surface area (Å²) in [5, 5.41) is 0.669. The van der Waals surface area contributed by atoms with E-state index in [9.17, 15) is 9.59 Å². The highest BCUT2D eigenvalue weighted by molar-refractivity contribution is 6.30. The predicted molar refractivity (Wildman–Crippen MR) is 99.5 cm³/mol. The van der Waals surface area contributed by atoms with Crippen molar-refractivity contribution in [3.05, 3.63) is 34.9 Å². The van der Waals surface area contributed by atoms with Gasteiger partial charge in [-0.25, -0.2) is 0 Å². The maximum absolute atomic E-state index is 12.6. The minimum atomic E-state index is 0.165. The second-order valence-electron chi connectivity index (χ2n) is 7.28. The normalized spacial score (nSPS) is 20.8. The molecule has 0 saturated carbocycles. The Morgan fingerprint density at radius 2 is 1.80 bits per heavy atom. The molecule has 2 heterocycles. The summed E-state index contributed by atoms with van der Waals surface area (Å²) >= 11 is 6.00. The fourth-order valence-electron chi connectivity index (χ4n) is 3.91. The highest BCUT2D eigenvalue weighted by atomic mass is 35.5. The van der Waals surface area contributed by atoms with Gasteiger partial charge in [0.1, 0.15) is 0 Å². The Hall–Kier alpha value is -1.55. The van der Waals surface area contributed by atoms with E-state index in [0.29, 0.717) is 29.7 Å². The number of carbonyl (C=O) groups is 2. The summed E-state index contributed by atoms with van der Waals surface area (Å²) in [5.41, 5.74) is 0.962. The van der Waals surface area contributed by atoms with Gasteiger partial charge >= 0.3 is 0 Å². The van der Waals surface area contributed by atoms with E-state index < -0.39 is 0 Å². The molecule has 0 aliphatic carbocycles. The van der Waals surface area contributed by atoms with Crippen molar-refractivity contribution < 1.29 is 9.59 Å². The molecule has 0 spiro atoms. The molecular formula is C20H27ClN2O2. The van der Waals surface area contributed by atoms with Crippen LogP contribution in [0.15, 0.2) is 24.3 Å². The van der Waals surface area contributed by atoms with Gasteiger partial charge in [0.15, 0.2) is 0 Å². The SMILES string of the molecule is O=C(CC[C@H]1CCCN(C(=O)Cc2cccc(Cl)c2)C1)N1CCCC1. The van der Waals surface area contributed by atoms with E-state index in [2.05, 4.69) is 0 Å². The first-order valence-corrected chi connectivity index (χ1v) is 9.79. The standard InChI is InChI=1S/C20H27ClN2O2/c21-18-7-3-5-17(13-18)14-20(25)23-12-4-6-16(15-23)8-9-19(24)22-10-1-2-11-22/h3,5,7,13,16H,1-2,4,6,8-12,14-15H2/t16-/m1/s1. The van der Waals surface area contributed by atoms with Crippen molar-refractivity contribution in [2.24, 2.45) is 5.92 Å². The zero-order valence-electron chi connectivity index (χ0n) is 14.8. The van der Waals surface area contributed by atoms with E-state index in [-0.39, 0.29) is 5.91 Å². The van der Waals surface area contributed by atoms with Crippen molar-refractivity contribution in [2.45, 2.75) is 44.9 Å². The topological polar surface area (TPSA) is 40.6 Å². The van der Waals surface area contributed by atoms with Crippen LogP contribution in [-0.2, 0) is 16.0 Å². The van der Waals surface area contributed by atoms with E-state index in [4.69, 9.17) is 11.6 Å². The van der Waals surface area contributed by atoms with Crippen LogP contribution in [-0.4, -0.2) is 47.8 Å². The Labute approximate surface area is 155 Å². The fourth-order valence-corrected chi connectivity index (χ4v) is 4.13. The van der Waals surface area contributed by atoms with Gasteiger partial charge in [0.25, 0.3) is 0 Å². The lowest BCUT2D eigenvalue weighted by atomic mass is 9.92. The third-order valence-electron chi connectivity index (χ3n) is 5.34. The van der Waals surface area contributed by atoms with E-state index in [1.165, 1.54) is 0 Å². The Bertz CT molecular complexity index is 613. The van der Waals surface area contributed by atoms with Gasteiger partial charge in [0.05, 0.1) is 6.42 Å². The summed E-state index contributed by atoms with van der Waals surface area (Å²) in [5.74, 6) is 0.904. The van der Waals surface area contributed by atoms with E-state index in [0.717, 1.165) is 63.8 Å². The molecule has 25 heavy (non-hydrogen) atoms. The lowest BCUT2D eigenvalue weighted by molar-refractivity contribution is -0.132. The summed E-state index contributed by atoms with van der Waals surface area (Å²) < 4.78 is 0. The van der Waals surface area contributed by atoms with Crippen molar-refractivity contribution in [3.8, 4) is 0 Å². The average Bonchev–Trinajstić information content (AvgIpc) is 3.15. The van der Waals surface area contributed by atoms with Crippen LogP contribution in [0.3, 0.4) is 0 Å². The zero-order valence-corrected chi connectivity index (χ0v) is 15.5. The molecule has 4 nitrogen and oxygen atoms in total. The first-order chi connectivity index (χ1) is 12.1. The first-order valence-electron chi connectivity index (χ1n) is 9.42. The van der Waals surface area contributed by atoms with Crippen LogP contribution >= 0.6 is 11.6 Å². The summed E-state index contributed by atoms with van der Waals surface area (Å²) in [4.78, 5) is 28.7. The molecule has 0 radical (unpaired) electrons. The summed E-state index contributed by atoms with van der Waals surface area (Å²) in [6.07, 6.45) is 6.36. The number of carbonyl (C=O) groups excluding carboxylic acids is 2. The monoisotopic (exact) mass is 362 g/mol. The predicted octanol–water partition coefficient (Wildman–Crippen LogP) is 3.52. The highest BCUT2D eigenvalue weighted by Gasteiger charge is 2.25. The van der Waals surface area contributed by atoms with Crippen LogP contribution in [0.1, 0.15) is 44.1 Å². The maximum atomic E-state index is 12.6. The van der Waals surface area contributed by atoms with Crippen LogP contribution in [0.2, 0.25) is 5.02 Å². The van der Waals surface area contributed by atoms with Crippen LogP contribution in [0, 0.1) is 5.92 Å². The van der Waals surface area contributed by atoms with Gasteiger partial charge in [0.2, 0.25) is 11.8 Å². The molecule has 2 aliphatic heterocycles. The highest BCUT2D eigenvalue weighted by Crippen LogP contribution is 2.23. The third kappa shape index (κ3) is 5.21. The van der Waals surface area contributed by atoms with E-state index >= 15 is 0 Å². The minimum Gasteiger partial charge on any atom is -0.343 e. The Kier molecular flexibility index (Phi) is 6.35. The van der Waals surface area contributed by atoms with Crippen LogP contribution < -0.4 is 0 Å². The summed E-state index contributed by atoms with van der Waals surface area (Å²) in [7, 11) is 0. The van der Waals surface area contributed by atoms with Gasteiger partial charge < -0.3 is 9.80 Å². The van der Waals surface area contributed by atoms with Gasteiger partial charge in [-0.3, -0.25) is 9.59 Å². The molecule has 2 saturated heterocycles. The smallest absolute Gasteiger partial charge is 0.226 e. The zero-order chi connectivity index (χ0) is 17.6. The van der Waals surface area contributed by atoms with Crippen molar-refractivity contribution in [3.63, 3.8) is 0 Å². The molecule has 1 aromatic rings. The molecule has 136 valence electrons. The van der Waals surface area contributed by atoms with Crippen molar-refractivity contribution >= 4 is 23.4 Å². The number of benzene rings is 1. The summed E-state index contributed by atoms with van der Waals surface area (Å²) in [6, 6.07) is 7.51. The van der Waals surface area contributed by atoms with Crippen LogP contribution in [0.4, 0.5) is 0 Å². The lowest BCUT2D eigenvalue weighted by Gasteiger charge is -2.33. The number of hydrogen-bond acceptors (Lipinski definition) is 2. The number of rotatable bonds is 5. The molecule has 1 aromatic carbocycles. The van der Waals surface area contributed by atoms with Gasteiger partial charge in [-0.2, -0.15) is 0 Å². The maximum Gasteiger partial charge on any atom is 0.226 e. The molecule has 0 unspecified atom stereocenters. The Morgan fingerprint density at radius 1 is 1.04 bits per heavy atom. The number of likely N-dealkylation sites (tertiary alicyclic amines) is 2. The molecule has 1 atom stereocenters. The van der Waals surface area contributed by atoms with Crippen molar-refractivity contribution in [2.75, 3.05) is 26.2 Å². The molecule has 3 rings (SSSR count). The second kappa shape index (κ2) is 8.70. The first kappa shape index (κ1) is 18.2. The Balaban J connectivity index is 1.47. The van der Waals surface area contributed by atoms with Gasteiger partial charge in [-0.05, 0) is 55.7 Å². The molecular weight excluding hydrogens is 336 g/mol. The molecule has 0 N–H and O–H groups in total. The minimum absolute atomic E-state index is 0.165. The summed E-state index contributed by atoms with van der Waals surface area (Å²) in [6.45, 7) is 3.46. The van der Waals surface area contributed by atoms with Crippen LogP contribution in [0.5, 0.6) is 0 Å². The molecule has 5 heteroatoms. The van der Waals surface area contributed by atoms with E-state index in [1.54, 1.807) is 0 Å². The molecule has 2 fully saturated rings. The second-order valence-corrected chi connectivity index (χ2v) is 7.72. The van der Waals surface area contributed by atoms with Crippen LogP contribution in [0.25, 0.3) is 0 Å². The largest absolute Gasteiger partial charge is 0.343 e. The van der Waals surface area contributed by atoms with Crippen molar-refractivity contribution in [1.29, 1.82) is 0 Å². The van der Waals surface area contributed by atoms with Gasteiger partial charge in [-0.1, -0.05) is 23.7 Å². The van der Waals surface area contributed by atoms with Crippen molar-refractivity contribution in [1.82, 2.24) is 9.80 Å². The molecule has 2 aliphatic rings. The third-order valence-corrected chi connectivity index (χ3v) is 5.58. The number of nitrogens with zero attached hydrogens (tertiary/aromatic N) is 2. The molecule has 2 amide bonds. The van der Waals surface area contributed by atoms with E-state index in [1.807, 2.05) is 34.1 Å².